The van der Waals surface area contributed by atoms with Crippen LogP contribution in [0.15, 0.2) is 89.8 Å². The molecule has 1 heterocycles. The summed E-state index contributed by atoms with van der Waals surface area (Å²) >= 11 is 5.48. The van der Waals surface area contributed by atoms with E-state index in [0.29, 0.717) is 34.9 Å². The van der Waals surface area contributed by atoms with Crippen LogP contribution in [-0.4, -0.2) is 19.6 Å². The maximum Gasteiger partial charge on any atom is 0.264 e. The zero-order valence-electron chi connectivity index (χ0n) is 19.0. The number of nitrogens with zero attached hydrogens (tertiary/aromatic N) is 1. The van der Waals surface area contributed by atoms with Gasteiger partial charge in [0, 0.05) is 22.8 Å². The molecule has 4 aromatic carbocycles. The van der Waals surface area contributed by atoms with Crippen molar-refractivity contribution in [3.63, 3.8) is 0 Å². The first-order valence-electron chi connectivity index (χ1n) is 11.3. The predicted octanol–water partition coefficient (Wildman–Crippen LogP) is 6.32. The first-order chi connectivity index (χ1) is 16.8. The minimum atomic E-state index is -3.82. The monoisotopic (exact) mass is 505 g/mol. The van der Waals surface area contributed by atoms with Crippen LogP contribution in [0.3, 0.4) is 0 Å². The average Bonchev–Trinajstić information content (AvgIpc) is 2.84. The summed E-state index contributed by atoms with van der Waals surface area (Å²) in [7, 11) is -3.82. The molecule has 35 heavy (non-hydrogen) atoms. The summed E-state index contributed by atoms with van der Waals surface area (Å²) in [4.78, 5) is 0.167. The third kappa shape index (κ3) is 4.59. The second kappa shape index (κ2) is 9.28. The lowest BCUT2D eigenvalue weighted by Crippen LogP contribution is -2.42. The zero-order chi connectivity index (χ0) is 24.6. The number of hydrogen-bond acceptors (Lipinski definition) is 3. The number of halogens is 1. The van der Waals surface area contributed by atoms with Gasteiger partial charge in [-0.25, -0.2) is 12.8 Å². The lowest BCUT2D eigenvalue weighted by atomic mass is 9.99. The summed E-state index contributed by atoms with van der Waals surface area (Å²) < 4.78 is 42.2. The summed E-state index contributed by atoms with van der Waals surface area (Å²) in [6.45, 7) is 1.87. The number of sulfonamides is 1. The number of fused-ring (bicyclic) bond motifs is 2. The average molecular weight is 506 g/mol. The summed E-state index contributed by atoms with van der Waals surface area (Å²) in [5.74, 6) is -0.362. The van der Waals surface area contributed by atoms with Gasteiger partial charge in [-0.1, -0.05) is 36.4 Å². The highest BCUT2D eigenvalue weighted by molar-refractivity contribution is 7.92. The summed E-state index contributed by atoms with van der Waals surface area (Å²) in [6.07, 6.45) is 1.27. The van der Waals surface area contributed by atoms with Crippen LogP contribution < -0.4 is 14.9 Å². The van der Waals surface area contributed by atoms with Crippen LogP contribution in [0, 0.1) is 5.82 Å². The minimum Gasteiger partial charge on any atom is -0.332 e. The Kier molecular flexibility index (Phi) is 6.17. The van der Waals surface area contributed by atoms with E-state index in [1.165, 1.54) is 16.4 Å². The van der Waals surface area contributed by atoms with Gasteiger partial charge in [0.25, 0.3) is 10.0 Å². The first kappa shape index (κ1) is 23.3. The van der Waals surface area contributed by atoms with E-state index in [4.69, 9.17) is 12.2 Å². The van der Waals surface area contributed by atoms with Crippen LogP contribution in [0.2, 0.25) is 0 Å². The van der Waals surface area contributed by atoms with E-state index < -0.39 is 10.0 Å². The number of hydrogen-bond donors (Lipinski definition) is 2. The molecular weight excluding hydrogens is 481 g/mol. The van der Waals surface area contributed by atoms with Gasteiger partial charge in [0.05, 0.1) is 10.6 Å². The van der Waals surface area contributed by atoms with Crippen molar-refractivity contribution in [2.24, 2.45) is 0 Å². The Labute approximate surface area is 209 Å². The molecule has 1 atom stereocenters. The maximum absolute atomic E-state index is 13.7. The Morgan fingerprint density at radius 3 is 2.51 bits per heavy atom. The van der Waals surface area contributed by atoms with E-state index in [1.807, 2.05) is 49.4 Å². The van der Waals surface area contributed by atoms with Gasteiger partial charge in [-0.3, -0.25) is 4.31 Å². The fourth-order valence-corrected chi connectivity index (χ4v) is 6.45. The van der Waals surface area contributed by atoms with Gasteiger partial charge in [-0.15, -0.1) is 0 Å². The molecule has 4 aromatic rings. The van der Waals surface area contributed by atoms with Gasteiger partial charge in [-0.05, 0) is 91.5 Å². The Bertz CT molecular complexity index is 1520. The van der Waals surface area contributed by atoms with E-state index in [0.717, 1.165) is 16.5 Å². The Hall–Kier alpha value is -3.49. The fraction of sp³-hybridized carbons (Fsp3) is 0.148. The molecular formula is C27H24FN3O2S2. The molecule has 0 saturated heterocycles. The van der Waals surface area contributed by atoms with Crippen molar-refractivity contribution in [2.45, 2.75) is 30.7 Å². The molecule has 0 aliphatic carbocycles. The second-order valence-corrected chi connectivity index (χ2v) is 10.8. The Balaban J connectivity index is 1.35. The van der Waals surface area contributed by atoms with Crippen LogP contribution in [0.25, 0.3) is 10.8 Å². The van der Waals surface area contributed by atoms with E-state index in [9.17, 15) is 12.8 Å². The highest BCUT2D eigenvalue weighted by Crippen LogP contribution is 2.36. The van der Waals surface area contributed by atoms with Crippen molar-refractivity contribution in [2.75, 3.05) is 14.9 Å². The van der Waals surface area contributed by atoms with Gasteiger partial charge in [0.2, 0.25) is 0 Å². The van der Waals surface area contributed by atoms with Crippen LogP contribution in [-0.2, 0) is 16.4 Å². The van der Waals surface area contributed by atoms with Crippen LogP contribution in [0.4, 0.5) is 21.5 Å². The molecule has 0 aromatic heterocycles. The van der Waals surface area contributed by atoms with E-state index in [1.54, 1.807) is 30.3 Å². The van der Waals surface area contributed by atoms with Crippen molar-refractivity contribution < 1.29 is 12.8 Å². The Morgan fingerprint density at radius 1 is 0.971 bits per heavy atom. The molecule has 1 aliphatic heterocycles. The van der Waals surface area contributed by atoms with Crippen molar-refractivity contribution in [1.29, 1.82) is 0 Å². The molecule has 2 N–H and O–H groups in total. The van der Waals surface area contributed by atoms with Gasteiger partial charge in [0.1, 0.15) is 5.82 Å². The second-order valence-electron chi connectivity index (χ2n) is 8.59. The van der Waals surface area contributed by atoms with E-state index >= 15 is 0 Å². The van der Waals surface area contributed by atoms with Gasteiger partial charge in [0.15, 0.2) is 5.11 Å². The van der Waals surface area contributed by atoms with Gasteiger partial charge < -0.3 is 10.6 Å². The third-order valence-electron chi connectivity index (χ3n) is 6.22. The number of benzene rings is 4. The largest absolute Gasteiger partial charge is 0.332 e. The lowest BCUT2D eigenvalue weighted by molar-refractivity contribution is 0.560. The predicted molar refractivity (Wildman–Crippen MR) is 144 cm³/mol. The Morgan fingerprint density at radius 2 is 1.71 bits per heavy atom. The standard InChI is InChI=1S/C27H24FN3O2S2/c1-18-9-10-20-17-21(28)11-16-26(20)31(18)35(32,33)23-14-12-22(13-15-23)29-27(34)30-25-8-4-6-19-5-2-3-7-24(19)25/h2-8,11-18H,9-10H2,1H3,(H2,29,30,34)/t18-/m0/s1. The summed E-state index contributed by atoms with van der Waals surface area (Å²) in [6, 6.07) is 24.5. The molecule has 1 aliphatic rings. The molecule has 5 rings (SSSR count). The number of nitrogens with one attached hydrogen (secondary N) is 2. The molecule has 0 bridgehead atoms. The number of aryl methyl sites for hydroxylation is 1. The third-order valence-corrected chi connectivity index (χ3v) is 8.36. The zero-order valence-corrected chi connectivity index (χ0v) is 20.7. The topological polar surface area (TPSA) is 61.4 Å². The molecule has 8 heteroatoms. The fourth-order valence-electron chi connectivity index (χ4n) is 4.50. The van der Waals surface area contributed by atoms with Gasteiger partial charge in [-0.2, -0.15) is 0 Å². The van der Waals surface area contributed by atoms with Crippen molar-refractivity contribution in [3.05, 3.63) is 96.3 Å². The summed E-state index contributed by atoms with van der Waals surface area (Å²) in [5, 5.41) is 8.88. The summed E-state index contributed by atoms with van der Waals surface area (Å²) in [5.41, 5.74) is 2.78. The molecule has 0 saturated carbocycles. The number of anilines is 3. The molecule has 0 unspecified atom stereocenters. The number of rotatable bonds is 4. The van der Waals surface area contributed by atoms with E-state index in [2.05, 4.69) is 10.6 Å². The highest BCUT2D eigenvalue weighted by Gasteiger charge is 2.34. The SMILES string of the molecule is C[C@H]1CCc2cc(F)ccc2N1S(=O)(=O)c1ccc(NC(=S)Nc2cccc3ccccc23)cc1. The normalized spacial score (nSPS) is 15.5. The molecule has 178 valence electrons. The molecule has 5 nitrogen and oxygen atoms in total. The molecule has 0 amide bonds. The van der Waals surface area contributed by atoms with Gasteiger partial charge >= 0.3 is 0 Å². The van der Waals surface area contributed by atoms with Crippen LogP contribution in [0.5, 0.6) is 0 Å². The molecule has 0 radical (unpaired) electrons. The number of thiocarbonyl (C=S) groups is 1. The van der Waals surface area contributed by atoms with Crippen LogP contribution in [0.1, 0.15) is 18.9 Å². The molecule has 0 spiro atoms. The lowest BCUT2D eigenvalue weighted by Gasteiger charge is -2.36. The molecule has 0 fully saturated rings. The van der Waals surface area contributed by atoms with Crippen molar-refractivity contribution in [3.8, 4) is 0 Å². The minimum absolute atomic E-state index is 0.167. The quantitative estimate of drug-likeness (QED) is 0.318. The van der Waals surface area contributed by atoms with Crippen molar-refractivity contribution in [1.82, 2.24) is 0 Å². The van der Waals surface area contributed by atoms with Crippen molar-refractivity contribution >= 4 is 55.2 Å². The van der Waals surface area contributed by atoms with Crippen LogP contribution >= 0.6 is 12.2 Å². The maximum atomic E-state index is 13.7. The highest BCUT2D eigenvalue weighted by atomic mass is 32.2. The smallest absolute Gasteiger partial charge is 0.264 e. The van der Waals surface area contributed by atoms with E-state index in [-0.39, 0.29) is 16.8 Å². The first-order valence-corrected chi connectivity index (χ1v) is 13.2.